The number of nitrogens with zero attached hydrogens (tertiary/aromatic N) is 1. The predicted octanol–water partition coefficient (Wildman–Crippen LogP) is 2.29. The van der Waals surface area contributed by atoms with Crippen LogP contribution in [0.15, 0.2) is 24.3 Å². The van der Waals surface area contributed by atoms with Gasteiger partial charge in [0.1, 0.15) is 5.75 Å². The highest BCUT2D eigenvalue weighted by atomic mass is 35.5. The van der Waals surface area contributed by atoms with Crippen molar-refractivity contribution >= 4 is 12.4 Å². The summed E-state index contributed by atoms with van der Waals surface area (Å²) in [6.45, 7) is 5.36. The highest BCUT2D eigenvalue weighted by molar-refractivity contribution is 5.85. The second-order valence-corrected chi connectivity index (χ2v) is 4.98. The van der Waals surface area contributed by atoms with Crippen LogP contribution in [0.2, 0.25) is 0 Å². The van der Waals surface area contributed by atoms with Crippen LogP contribution in [-0.2, 0) is 6.54 Å². The van der Waals surface area contributed by atoms with Gasteiger partial charge in [-0.05, 0) is 24.9 Å². The SMILES string of the molecule is COc1ccccc1CN1CCC(N)C(C)C1.Cl. The molecule has 1 aliphatic rings. The Kier molecular flexibility index (Phi) is 5.93. The van der Waals surface area contributed by atoms with Crippen LogP contribution in [0, 0.1) is 5.92 Å². The molecule has 0 radical (unpaired) electrons. The van der Waals surface area contributed by atoms with Crippen LogP contribution in [-0.4, -0.2) is 31.1 Å². The lowest BCUT2D eigenvalue weighted by molar-refractivity contribution is 0.156. The molecule has 1 fully saturated rings. The monoisotopic (exact) mass is 270 g/mol. The van der Waals surface area contributed by atoms with Gasteiger partial charge in [0.15, 0.2) is 0 Å². The van der Waals surface area contributed by atoms with Crippen LogP contribution in [0.5, 0.6) is 5.75 Å². The molecule has 1 heterocycles. The molecule has 102 valence electrons. The third-order valence-corrected chi connectivity index (χ3v) is 3.64. The van der Waals surface area contributed by atoms with Gasteiger partial charge >= 0.3 is 0 Å². The lowest BCUT2D eigenvalue weighted by Gasteiger charge is -2.35. The van der Waals surface area contributed by atoms with Crippen molar-refractivity contribution in [2.24, 2.45) is 11.7 Å². The van der Waals surface area contributed by atoms with Crippen LogP contribution < -0.4 is 10.5 Å². The Labute approximate surface area is 116 Å². The first-order valence-corrected chi connectivity index (χ1v) is 6.30. The molecule has 2 N–H and O–H groups in total. The molecule has 1 aliphatic heterocycles. The van der Waals surface area contributed by atoms with Crippen molar-refractivity contribution in [2.75, 3.05) is 20.2 Å². The number of para-hydroxylation sites is 1. The molecule has 0 spiro atoms. The summed E-state index contributed by atoms with van der Waals surface area (Å²) < 4.78 is 5.38. The van der Waals surface area contributed by atoms with Gasteiger partial charge in [0.2, 0.25) is 0 Å². The largest absolute Gasteiger partial charge is 0.496 e. The summed E-state index contributed by atoms with van der Waals surface area (Å²) in [6, 6.07) is 8.60. The molecule has 2 unspecified atom stereocenters. The van der Waals surface area contributed by atoms with E-state index in [1.165, 1.54) is 5.56 Å². The second kappa shape index (κ2) is 6.98. The summed E-state index contributed by atoms with van der Waals surface area (Å²) >= 11 is 0. The molecule has 0 aromatic heterocycles. The number of piperidine rings is 1. The fourth-order valence-electron chi connectivity index (χ4n) is 2.47. The number of rotatable bonds is 3. The van der Waals surface area contributed by atoms with E-state index in [4.69, 9.17) is 10.5 Å². The summed E-state index contributed by atoms with van der Waals surface area (Å²) in [4.78, 5) is 2.46. The molecule has 0 bridgehead atoms. The van der Waals surface area contributed by atoms with Gasteiger partial charge in [-0.1, -0.05) is 25.1 Å². The number of hydrogen-bond acceptors (Lipinski definition) is 3. The molecule has 2 rings (SSSR count). The summed E-state index contributed by atoms with van der Waals surface area (Å²) in [6.07, 6.45) is 1.09. The van der Waals surface area contributed by atoms with Crippen molar-refractivity contribution in [2.45, 2.75) is 25.9 Å². The minimum atomic E-state index is 0. The first kappa shape index (κ1) is 15.3. The number of halogens is 1. The quantitative estimate of drug-likeness (QED) is 0.916. The first-order valence-electron chi connectivity index (χ1n) is 6.30. The van der Waals surface area contributed by atoms with E-state index in [9.17, 15) is 0 Å². The second-order valence-electron chi connectivity index (χ2n) is 4.98. The highest BCUT2D eigenvalue weighted by Crippen LogP contribution is 2.22. The Morgan fingerprint density at radius 1 is 1.39 bits per heavy atom. The number of methoxy groups -OCH3 is 1. The van der Waals surface area contributed by atoms with Gasteiger partial charge < -0.3 is 10.5 Å². The van der Waals surface area contributed by atoms with Crippen molar-refractivity contribution in [3.05, 3.63) is 29.8 Å². The maximum Gasteiger partial charge on any atom is 0.123 e. The average molecular weight is 271 g/mol. The standard InChI is InChI=1S/C14H22N2O.ClH/c1-11-9-16(8-7-13(11)15)10-12-5-3-4-6-14(12)17-2;/h3-6,11,13H,7-10,15H2,1-2H3;1H. The predicted molar refractivity (Wildman–Crippen MR) is 77.3 cm³/mol. The van der Waals surface area contributed by atoms with Crippen LogP contribution in [0.1, 0.15) is 18.9 Å². The topological polar surface area (TPSA) is 38.5 Å². The van der Waals surface area contributed by atoms with E-state index in [1.54, 1.807) is 7.11 Å². The van der Waals surface area contributed by atoms with E-state index in [0.717, 1.165) is 31.8 Å². The van der Waals surface area contributed by atoms with Gasteiger partial charge in [0.05, 0.1) is 7.11 Å². The minimum Gasteiger partial charge on any atom is -0.496 e. The van der Waals surface area contributed by atoms with E-state index < -0.39 is 0 Å². The molecule has 18 heavy (non-hydrogen) atoms. The van der Waals surface area contributed by atoms with Gasteiger partial charge in [0, 0.05) is 24.7 Å². The molecule has 0 aliphatic carbocycles. The zero-order valence-electron chi connectivity index (χ0n) is 11.1. The van der Waals surface area contributed by atoms with Gasteiger partial charge in [-0.2, -0.15) is 0 Å². The van der Waals surface area contributed by atoms with Crippen molar-refractivity contribution in [3.8, 4) is 5.75 Å². The summed E-state index contributed by atoms with van der Waals surface area (Å²) in [7, 11) is 1.73. The number of likely N-dealkylation sites (tertiary alicyclic amines) is 1. The molecule has 3 nitrogen and oxygen atoms in total. The van der Waals surface area contributed by atoms with E-state index in [0.29, 0.717) is 12.0 Å². The van der Waals surface area contributed by atoms with Crippen LogP contribution >= 0.6 is 12.4 Å². The van der Waals surface area contributed by atoms with E-state index in [1.807, 2.05) is 12.1 Å². The third-order valence-electron chi connectivity index (χ3n) is 3.64. The molecule has 2 atom stereocenters. The summed E-state index contributed by atoms with van der Waals surface area (Å²) in [5.74, 6) is 1.56. The molecule has 0 saturated carbocycles. The smallest absolute Gasteiger partial charge is 0.123 e. The number of hydrogen-bond donors (Lipinski definition) is 1. The molecule has 0 amide bonds. The molecule has 1 aromatic rings. The summed E-state index contributed by atoms with van der Waals surface area (Å²) in [5.41, 5.74) is 7.30. The van der Waals surface area contributed by atoms with E-state index in [-0.39, 0.29) is 12.4 Å². The molecule has 1 saturated heterocycles. The van der Waals surface area contributed by atoms with Crippen molar-refractivity contribution in [1.29, 1.82) is 0 Å². The zero-order valence-corrected chi connectivity index (χ0v) is 12.0. The first-order chi connectivity index (χ1) is 8.20. The molecule has 4 heteroatoms. The third kappa shape index (κ3) is 3.61. The van der Waals surface area contributed by atoms with Gasteiger partial charge in [-0.25, -0.2) is 0 Å². The minimum absolute atomic E-state index is 0. The van der Waals surface area contributed by atoms with Crippen molar-refractivity contribution < 1.29 is 4.74 Å². The molecule has 1 aromatic carbocycles. The number of benzene rings is 1. The van der Waals surface area contributed by atoms with Crippen molar-refractivity contribution in [3.63, 3.8) is 0 Å². The van der Waals surface area contributed by atoms with Crippen molar-refractivity contribution in [1.82, 2.24) is 4.90 Å². The van der Waals surface area contributed by atoms with Gasteiger partial charge in [0.25, 0.3) is 0 Å². The van der Waals surface area contributed by atoms with E-state index in [2.05, 4.69) is 24.0 Å². The van der Waals surface area contributed by atoms with Crippen LogP contribution in [0.4, 0.5) is 0 Å². The molecular weight excluding hydrogens is 248 g/mol. The average Bonchev–Trinajstić information content (AvgIpc) is 2.34. The maximum absolute atomic E-state index is 6.04. The Morgan fingerprint density at radius 2 is 2.11 bits per heavy atom. The van der Waals surface area contributed by atoms with Gasteiger partial charge in [-0.15, -0.1) is 12.4 Å². The highest BCUT2D eigenvalue weighted by Gasteiger charge is 2.23. The Morgan fingerprint density at radius 3 is 2.78 bits per heavy atom. The Balaban J connectivity index is 0.00000162. The fourth-order valence-corrected chi connectivity index (χ4v) is 2.47. The number of ether oxygens (including phenoxy) is 1. The Hall–Kier alpha value is -0.770. The number of nitrogens with two attached hydrogens (primary N) is 1. The zero-order chi connectivity index (χ0) is 12.3. The fraction of sp³-hybridized carbons (Fsp3) is 0.571. The van der Waals surface area contributed by atoms with Gasteiger partial charge in [-0.3, -0.25) is 4.90 Å². The Bertz CT molecular complexity index is 373. The summed E-state index contributed by atoms with van der Waals surface area (Å²) in [5, 5.41) is 0. The van der Waals surface area contributed by atoms with Crippen LogP contribution in [0.3, 0.4) is 0 Å². The molecular formula is C14H23ClN2O. The normalized spacial score (nSPS) is 24.4. The maximum atomic E-state index is 6.04. The van der Waals surface area contributed by atoms with Crippen LogP contribution in [0.25, 0.3) is 0 Å². The lowest BCUT2D eigenvalue weighted by atomic mass is 9.94. The van der Waals surface area contributed by atoms with E-state index >= 15 is 0 Å². The lowest BCUT2D eigenvalue weighted by Crippen LogP contribution is -2.45.